The number of nitrogens with zero attached hydrogens (tertiary/aromatic N) is 2. The number of hydrogen-bond acceptors (Lipinski definition) is 3. The number of ether oxygens (including phenoxy) is 1. The van der Waals surface area contributed by atoms with Crippen molar-refractivity contribution in [2.45, 2.75) is 45.1 Å². The second-order valence-corrected chi connectivity index (χ2v) is 6.85. The molecule has 2 fully saturated rings. The third-order valence-corrected chi connectivity index (χ3v) is 4.91. The van der Waals surface area contributed by atoms with Crippen LogP contribution in [-0.4, -0.2) is 65.8 Å². The average Bonchev–Trinajstić information content (AvgIpc) is 2.46. The van der Waals surface area contributed by atoms with E-state index in [0.29, 0.717) is 26.1 Å². The van der Waals surface area contributed by atoms with Gasteiger partial charge in [-0.1, -0.05) is 0 Å². The van der Waals surface area contributed by atoms with Gasteiger partial charge >= 0.3 is 12.0 Å². The molecule has 120 valence electrons. The molecule has 0 aromatic carbocycles. The van der Waals surface area contributed by atoms with Gasteiger partial charge < -0.3 is 19.6 Å². The standard InChI is InChI=1S/C15H26N2O4/c1-14(12(18)19)6-4-8-16(10-14)13(20)17-9-5-7-15(2,11-17)21-3/h4-11H2,1-3H3,(H,18,19). The number of carboxylic acid groups (broad SMARTS) is 1. The lowest BCUT2D eigenvalue weighted by Crippen LogP contribution is -2.57. The van der Waals surface area contributed by atoms with Crippen molar-refractivity contribution in [2.75, 3.05) is 33.3 Å². The zero-order chi connectivity index (χ0) is 15.7. The molecular weight excluding hydrogens is 272 g/mol. The van der Waals surface area contributed by atoms with Crippen LogP contribution in [0.3, 0.4) is 0 Å². The molecule has 21 heavy (non-hydrogen) atoms. The first-order valence-corrected chi connectivity index (χ1v) is 7.62. The summed E-state index contributed by atoms with van der Waals surface area (Å²) in [5, 5.41) is 9.36. The summed E-state index contributed by atoms with van der Waals surface area (Å²) < 4.78 is 5.52. The third-order valence-electron chi connectivity index (χ3n) is 4.91. The van der Waals surface area contributed by atoms with E-state index in [4.69, 9.17) is 4.74 Å². The minimum atomic E-state index is -0.825. The Morgan fingerprint density at radius 3 is 2.19 bits per heavy atom. The number of carbonyl (C=O) groups excluding carboxylic acids is 1. The van der Waals surface area contributed by atoms with Gasteiger partial charge in [0.2, 0.25) is 0 Å². The van der Waals surface area contributed by atoms with Gasteiger partial charge in [-0.15, -0.1) is 0 Å². The largest absolute Gasteiger partial charge is 0.481 e. The number of amides is 2. The van der Waals surface area contributed by atoms with Crippen LogP contribution in [0, 0.1) is 5.41 Å². The fourth-order valence-electron chi connectivity index (χ4n) is 3.31. The van der Waals surface area contributed by atoms with Crippen molar-refractivity contribution in [3.63, 3.8) is 0 Å². The molecular formula is C15H26N2O4. The SMILES string of the molecule is COC1(C)CCCN(C(=O)N2CCCC(C)(C(=O)O)C2)C1. The number of carbonyl (C=O) groups is 2. The maximum Gasteiger partial charge on any atom is 0.320 e. The Morgan fingerprint density at radius 2 is 1.62 bits per heavy atom. The Bertz CT molecular complexity index is 428. The maximum absolute atomic E-state index is 12.7. The first-order chi connectivity index (χ1) is 9.80. The van der Waals surface area contributed by atoms with E-state index in [1.165, 1.54) is 0 Å². The molecule has 2 unspecified atom stereocenters. The Balaban J connectivity index is 2.04. The molecule has 2 aliphatic rings. The summed E-state index contributed by atoms with van der Waals surface area (Å²) >= 11 is 0. The van der Waals surface area contributed by atoms with Crippen molar-refractivity contribution >= 4 is 12.0 Å². The maximum atomic E-state index is 12.7. The van der Waals surface area contributed by atoms with Crippen LogP contribution in [0.5, 0.6) is 0 Å². The first kappa shape index (κ1) is 16.1. The van der Waals surface area contributed by atoms with Crippen LogP contribution >= 0.6 is 0 Å². The van der Waals surface area contributed by atoms with Gasteiger partial charge in [-0.3, -0.25) is 4.79 Å². The highest BCUT2D eigenvalue weighted by Gasteiger charge is 2.42. The van der Waals surface area contributed by atoms with Gasteiger partial charge in [0.15, 0.2) is 0 Å². The van der Waals surface area contributed by atoms with E-state index in [2.05, 4.69) is 0 Å². The second kappa shape index (κ2) is 5.83. The monoisotopic (exact) mass is 298 g/mol. The number of hydrogen-bond donors (Lipinski definition) is 1. The minimum Gasteiger partial charge on any atom is -0.481 e. The average molecular weight is 298 g/mol. The van der Waals surface area contributed by atoms with Gasteiger partial charge in [-0.05, 0) is 39.5 Å². The van der Waals surface area contributed by atoms with Crippen molar-refractivity contribution < 1.29 is 19.4 Å². The summed E-state index contributed by atoms with van der Waals surface area (Å²) in [6.45, 7) is 5.97. The molecule has 0 spiro atoms. The molecule has 0 bridgehead atoms. The molecule has 2 saturated heterocycles. The van der Waals surface area contributed by atoms with E-state index in [1.54, 1.807) is 23.8 Å². The molecule has 2 rings (SSSR count). The Morgan fingerprint density at radius 1 is 1.05 bits per heavy atom. The molecule has 2 atom stereocenters. The van der Waals surface area contributed by atoms with Crippen LogP contribution in [0.1, 0.15) is 39.5 Å². The lowest BCUT2D eigenvalue weighted by molar-refractivity contribution is -0.150. The predicted molar refractivity (Wildman–Crippen MR) is 78.2 cm³/mol. The van der Waals surface area contributed by atoms with Gasteiger partial charge in [0.25, 0.3) is 0 Å². The van der Waals surface area contributed by atoms with E-state index >= 15 is 0 Å². The van der Waals surface area contributed by atoms with Gasteiger partial charge in [-0.2, -0.15) is 0 Å². The van der Waals surface area contributed by atoms with E-state index in [0.717, 1.165) is 25.8 Å². The van der Waals surface area contributed by atoms with E-state index < -0.39 is 11.4 Å². The zero-order valence-corrected chi connectivity index (χ0v) is 13.2. The molecule has 0 aromatic heterocycles. The summed E-state index contributed by atoms with van der Waals surface area (Å²) in [6.07, 6.45) is 3.23. The number of likely N-dealkylation sites (tertiary alicyclic amines) is 2. The van der Waals surface area contributed by atoms with E-state index in [9.17, 15) is 14.7 Å². The summed E-state index contributed by atoms with van der Waals surface area (Å²) in [5.74, 6) is -0.819. The normalized spacial score (nSPS) is 33.9. The van der Waals surface area contributed by atoms with Crippen LogP contribution in [-0.2, 0) is 9.53 Å². The number of carboxylic acids is 1. The smallest absolute Gasteiger partial charge is 0.320 e. The van der Waals surface area contributed by atoms with Gasteiger partial charge in [0, 0.05) is 26.7 Å². The van der Waals surface area contributed by atoms with Gasteiger partial charge in [0.1, 0.15) is 0 Å². The van der Waals surface area contributed by atoms with Crippen LogP contribution in [0.2, 0.25) is 0 Å². The van der Waals surface area contributed by atoms with Crippen LogP contribution < -0.4 is 0 Å². The second-order valence-electron chi connectivity index (χ2n) is 6.85. The van der Waals surface area contributed by atoms with Crippen molar-refractivity contribution in [3.8, 4) is 0 Å². The van der Waals surface area contributed by atoms with Crippen molar-refractivity contribution in [1.29, 1.82) is 0 Å². The molecule has 2 amide bonds. The summed E-state index contributed by atoms with van der Waals surface area (Å²) in [6, 6.07) is -0.0508. The molecule has 6 nitrogen and oxygen atoms in total. The number of methoxy groups -OCH3 is 1. The molecule has 0 saturated carbocycles. The van der Waals surface area contributed by atoms with Crippen LogP contribution in [0.4, 0.5) is 4.79 Å². The van der Waals surface area contributed by atoms with Crippen molar-refractivity contribution in [2.24, 2.45) is 5.41 Å². The highest BCUT2D eigenvalue weighted by atomic mass is 16.5. The highest BCUT2D eigenvalue weighted by Crippen LogP contribution is 2.31. The zero-order valence-electron chi connectivity index (χ0n) is 13.2. The quantitative estimate of drug-likeness (QED) is 0.844. The molecule has 0 aliphatic carbocycles. The number of urea groups is 1. The number of piperidine rings is 2. The lowest BCUT2D eigenvalue weighted by Gasteiger charge is -2.44. The van der Waals surface area contributed by atoms with Crippen molar-refractivity contribution in [3.05, 3.63) is 0 Å². The Hall–Kier alpha value is -1.30. The van der Waals surface area contributed by atoms with E-state index in [-0.39, 0.29) is 11.6 Å². The topological polar surface area (TPSA) is 70.1 Å². The third kappa shape index (κ3) is 3.31. The predicted octanol–water partition coefficient (Wildman–Crippen LogP) is 1.79. The van der Waals surface area contributed by atoms with Crippen LogP contribution in [0.25, 0.3) is 0 Å². The first-order valence-electron chi connectivity index (χ1n) is 7.62. The molecule has 0 radical (unpaired) electrons. The molecule has 1 N–H and O–H groups in total. The molecule has 2 aliphatic heterocycles. The van der Waals surface area contributed by atoms with Gasteiger partial charge in [0.05, 0.1) is 17.6 Å². The fourth-order valence-corrected chi connectivity index (χ4v) is 3.31. The van der Waals surface area contributed by atoms with Gasteiger partial charge in [-0.25, -0.2) is 4.79 Å². The summed E-state index contributed by atoms with van der Waals surface area (Å²) in [7, 11) is 1.68. The molecule has 6 heteroatoms. The Kier molecular flexibility index (Phi) is 4.46. The molecule has 2 heterocycles. The number of rotatable bonds is 2. The summed E-state index contributed by atoms with van der Waals surface area (Å²) in [5.41, 5.74) is -1.12. The lowest BCUT2D eigenvalue weighted by atomic mass is 9.82. The van der Waals surface area contributed by atoms with E-state index in [1.807, 2.05) is 6.92 Å². The van der Waals surface area contributed by atoms with Crippen LogP contribution in [0.15, 0.2) is 0 Å². The number of aliphatic carboxylic acids is 1. The molecule has 0 aromatic rings. The highest BCUT2D eigenvalue weighted by molar-refractivity contribution is 5.78. The Labute approximate surface area is 126 Å². The minimum absolute atomic E-state index is 0.0508. The van der Waals surface area contributed by atoms with Crippen molar-refractivity contribution in [1.82, 2.24) is 9.80 Å². The fraction of sp³-hybridized carbons (Fsp3) is 0.867. The summed E-state index contributed by atoms with van der Waals surface area (Å²) in [4.78, 5) is 27.6.